The van der Waals surface area contributed by atoms with Crippen molar-refractivity contribution in [3.8, 4) is 0 Å². The molecule has 1 saturated heterocycles. The van der Waals surface area contributed by atoms with Gasteiger partial charge in [0, 0.05) is 19.9 Å². The van der Waals surface area contributed by atoms with E-state index >= 15 is 0 Å². The summed E-state index contributed by atoms with van der Waals surface area (Å²) in [6.45, 7) is 4.73. The summed E-state index contributed by atoms with van der Waals surface area (Å²) in [4.78, 5) is 12.3. The lowest BCUT2D eigenvalue weighted by molar-refractivity contribution is -0.129. The molecule has 0 saturated carbocycles. The number of amides is 1. The summed E-state index contributed by atoms with van der Waals surface area (Å²) in [6.07, 6.45) is 4.63. The Morgan fingerprint density at radius 3 is 3.06 bits per heavy atom. The molecule has 0 radical (unpaired) electrons. The van der Waals surface area contributed by atoms with Crippen LogP contribution in [0.1, 0.15) is 31.9 Å². The van der Waals surface area contributed by atoms with Gasteiger partial charge < -0.3 is 10.1 Å². The largest absolute Gasteiger partial charge is 0.377 e. The van der Waals surface area contributed by atoms with Gasteiger partial charge in [-0.05, 0) is 26.2 Å². The number of rotatable bonds is 3. The van der Waals surface area contributed by atoms with E-state index in [0.717, 1.165) is 37.3 Å². The van der Waals surface area contributed by atoms with Crippen LogP contribution in [0.2, 0.25) is 0 Å². The Kier molecular flexibility index (Phi) is 4.01. The minimum atomic E-state index is -0.0386. The molecule has 0 aliphatic carbocycles. The van der Waals surface area contributed by atoms with Crippen LogP contribution in [-0.4, -0.2) is 28.4 Å². The van der Waals surface area contributed by atoms with Crippen molar-refractivity contribution in [3.63, 3.8) is 0 Å². The Bertz CT molecular complexity index is 428. The van der Waals surface area contributed by atoms with Gasteiger partial charge in [-0.1, -0.05) is 6.92 Å². The smallest absolute Gasteiger partial charge is 0.230 e. The van der Waals surface area contributed by atoms with Crippen molar-refractivity contribution in [1.82, 2.24) is 9.78 Å². The van der Waals surface area contributed by atoms with Crippen molar-refractivity contribution in [1.29, 1.82) is 0 Å². The molecule has 1 aliphatic rings. The summed E-state index contributed by atoms with van der Waals surface area (Å²) >= 11 is 0. The molecule has 2 atom stereocenters. The fourth-order valence-corrected chi connectivity index (χ4v) is 2.49. The van der Waals surface area contributed by atoms with Crippen LogP contribution in [0, 0.1) is 12.8 Å². The average molecular weight is 251 g/mol. The van der Waals surface area contributed by atoms with Gasteiger partial charge in [0.15, 0.2) is 0 Å². The van der Waals surface area contributed by atoms with E-state index in [1.807, 2.05) is 20.2 Å². The van der Waals surface area contributed by atoms with Crippen molar-refractivity contribution < 1.29 is 9.53 Å². The number of nitrogens with zero attached hydrogens (tertiary/aromatic N) is 2. The summed E-state index contributed by atoms with van der Waals surface area (Å²) in [5, 5.41) is 7.18. The van der Waals surface area contributed by atoms with Crippen molar-refractivity contribution in [2.45, 2.75) is 39.2 Å². The highest BCUT2D eigenvalue weighted by Gasteiger charge is 2.30. The zero-order valence-electron chi connectivity index (χ0n) is 11.3. The summed E-state index contributed by atoms with van der Waals surface area (Å²) in [5.74, 6) is 0.0148. The molecule has 2 unspecified atom stereocenters. The third-order valence-corrected chi connectivity index (χ3v) is 3.45. The van der Waals surface area contributed by atoms with Crippen LogP contribution in [0.15, 0.2) is 6.20 Å². The second-order valence-corrected chi connectivity index (χ2v) is 4.86. The second-order valence-electron chi connectivity index (χ2n) is 4.86. The Hall–Kier alpha value is -1.36. The maximum Gasteiger partial charge on any atom is 0.230 e. The highest BCUT2D eigenvalue weighted by molar-refractivity contribution is 5.93. The lowest BCUT2D eigenvalue weighted by Gasteiger charge is -2.29. The van der Waals surface area contributed by atoms with Crippen LogP contribution in [0.25, 0.3) is 0 Å². The zero-order valence-corrected chi connectivity index (χ0v) is 11.3. The number of anilines is 1. The van der Waals surface area contributed by atoms with Crippen LogP contribution in [0.4, 0.5) is 5.69 Å². The molecular weight excluding hydrogens is 230 g/mol. The van der Waals surface area contributed by atoms with Gasteiger partial charge in [-0.3, -0.25) is 9.48 Å². The maximum absolute atomic E-state index is 12.3. The molecule has 0 bridgehead atoms. The van der Waals surface area contributed by atoms with Gasteiger partial charge in [0.1, 0.15) is 0 Å². The standard InChI is InChI=1S/C13H21N3O2/c1-4-12-10(6-5-7-18-12)13(17)14-11-8-16(3)15-9(11)2/h8,10,12H,4-7H2,1-3H3,(H,14,17). The van der Waals surface area contributed by atoms with Crippen LogP contribution in [0.3, 0.4) is 0 Å². The van der Waals surface area contributed by atoms with E-state index in [2.05, 4.69) is 17.3 Å². The molecule has 0 aromatic carbocycles. The molecule has 5 heteroatoms. The molecule has 2 rings (SSSR count). The van der Waals surface area contributed by atoms with Crippen LogP contribution in [-0.2, 0) is 16.6 Å². The minimum Gasteiger partial charge on any atom is -0.377 e. The Morgan fingerprint density at radius 2 is 2.44 bits per heavy atom. The lowest BCUT2D eigenvalue weighted by atomic mass is 9.92. The van der Waals surface area contributed by atoms with Gasteiger partial charge in [0.05, 0.1) is 23.4 Å². The van der Waals surface area contributed by atoms with Crippen molar-refractivity contribution in [2.75, 3.05) is 11.9 Å². The maximum atomic E-state index is 12.3. The molecule has 1 aliphatic heterocycles. The van der Waals surface area contributed by atoms with Gasteiger partial charge in [-0.15, -0.1) is 0 Å². The molecule has 2 heterocycles. The number of carbonyl (C=O) groups is 1. The molecule has 1 fully saturated rings. The van der Waals surface area contributed by atoms with Crippen LogP contribution < -0.4 is 5.32 Å². The van der Waals surface area contributed by atoms with E-state index in [0.29, 0.717) is 0 Å². The predicted molar refractivity (Wildman–Crippen MR) is 69.3 cm³/mol. The Morgan fingerprint density at radius 1 is 1.67 bits per heavy atom. The molecule has 1 amide bonds. The zero-order chi connectivity index (χ0) is 13.1. The number of carbonyl (C=O) groups excluding carboxylic acids is 1. The van der Waals surface area contributed by atoms with Crippen LogP contribution in [0.5, 0.6) is 0 Å². The van der Waals surface area contributed by atoms with E-state index in [4.69, 9.17) is 4.74 Å². The highest BCUT2D eigenvalue weighted by Crippen LogP contribution is 2.25. The fourth-order valence-electron chi connectivity index (χ4n) is 2.49. The number of hydrogen-bond acceptors (Lipinski definition) is 3. The predicted octanol–water partition coefficient (Wildman–Crippen LogP) is 1.87. The Balaban J connectivity index is 2.04. The molecule has 0 spiro atoms. The van der Waals surface area contributed by atoms with E-state index in [-0.39, 0.29) is 17.9 Å². The number of aromatic nitrogens is 2. The fraction of sp³-hybridized carbons (Fsp3) is 0.692. The molecular formula is C13H21N3O2. The third kappa shape index (κ3) is 2.72. The van der Waals surface area contributed by atoms with E-state index < -0.39 is 0 Å². The topological polar surface area (TPSA) is 56.1 Å². The van der Waals surface area contributed by atoms with Crippen LogP contribution >= 0.6 is 0 Å². The first-order valence-corrected chi connectivity index (χ1v) is 6.54. The number of aryl methyl sites for hydroxylation is 2. The molecule has 1 aromatic rings. The summed E-state index contributed by atoms with van der Waals surface area (Å²) in [7, 11) is 1.85. The molecule has 5 nitrogen and oxygen atoms in total. The van der Waals surface area contributed by atoms with Gasteiger partial charge >= 0.3 is 0 Å². The van der Waals surface area contributed by atoms with Crippen molar-refractivity contribution in [2.24, 2.45) is 13.0 Å². The van der Waals surface area contributed by atoms with Gasteiger partial charge in [0.25, 0.3) is 0 Å². The van der Waals surface area contributed by atoms with Crippen molar-refractivity contribution >= 4 is 11.6 Å². The first-order valence-electron chi connectivity index (χ1n) is 6.54. The summed E-state index contributed by atoms with van der Waals surface area (Å²) in [5.41, 5.74) is 1.64. The number of nitrogens with one attached hydrogen (secondary N) is 1. The van der Waals surface area contributed by atoms with E-state index in [9.17, 15) is 4.79 Å². The normalized spacial score (nSPS) is 23.9. The Labute approximate surface area is 108 Å². The molecule has 1 N–H and O–H groups in total. The molecule has 1 aromatic heterocycles. The SMILES string of the molecule is CCC1OCCCC1C(=O)Nc1cn(C)nc1C. The van der Waals surface area contributed by atoms with Gasteiger partial charge in [-0.2, -0.15) is 5.10 Å². The van der Waals surface area contributed by atoms with E-state index in [1.165, 1.54) is 0 Å². The molecule has 100 valence electrons. The minimum absolute atomic E-state index is 0.0386. The quantitative estimate of drug-likeness (QED) is 0.892. The van der Waals surface area contributed by atoms with Gasteiger partial charge in [-0.25, -0.2) is 0 Å². The third-order valence-electron chi connectivity index (χ3n) is 3.45. The van der Waals surface area contributed by atoms with Gasteiger partial charge in [0.2, 0.25) is 5.91 Å². The van der Waals surface area contributed by atoms with E-state index in [1.54, 1.807) is 4.68 Å². The number of ether oxygens (including phenoxy) is 1. The average Bonchev–Trinajstić information content (AvgIpc) is 2.67. The first kappa shape index (κ1) is 13.1. The lowest BCUT2D eigenvalue weighted by Crippen LogP contribution is -2.37. The summed E-state index contributed by atoms with van der Waals surface area (Å²) in [6, 6.07) is 0. The first-order chi connectivity index (χ1) is 8.61. The summed E-state index contributed by atoms with van der Waals surface area (Å²) < 4.78 is 7.36. The number of hydrogen-bond donors (Lipinski definition) is 1. The highest BCUT2D eigenvalue weighted by atomic mass is 16.5. The van der Waals surface area contributed by atoms with Crippen molar-refractivity contribution in [3.05, 3.63) is 11.9 Å². The molecule has 18 heavy (non-hydrogen) atoms. The monoisotopic (exact) mass is 251 g/mol. The second kappa shape index (κ2) is 5.52.